The van der Waals surface area contributed by atoms with Crippen molar-refractivity contribution in [2.24, 2.45) is 0 Å². The molecule has 1 heterocycles. The Morgan fingerprint density at radius 1 is 1.28 bits per heavy atom. The summed E-state index contributed by atoms with van der Waals surface area (Å²) in [5, 5.41) is 9.21. The molecule has 0 aliphatic heterocycles. The van der Waals surface area contributed by atoms with Gasteiger partial charge in [-0.05, 0) is 46.3 Å². The van der Waals surface area contributed by atoms with Gasteiger partial charge in [-0.2, -0.15) is 0 Å². The molecule has 0 bridgehead atoms. The number of carbonyl (C=O) groups is 1. The fourth-order valence-electron chi connectivity index (χ4n) is 1.52. The number of hydrogen-bond donors (Lipinski definition) is 1. The van der Waals surface area contributed by atoms with Gasteiger partial charge in [-0.3, -0.25) is 9.78 Å². The third-order valence-electron chi connectivity index (χ3n) is 2.49. The molecule has 0 unspecified atom stereocenters. The molecule has 2 rings (SSSR count). The van der Waals surface area contributed by atoms with Crippen molar-refractivity contribution in [1.82, 2.24) is 4.98 Å². The normalized spacial score (nSPS) is 10.1. The van der Waals surface area contributed by atoms with Gasteiger partial charge in [-0.25, -0.2) is 0 Å². The number of halogens is 1. The summed E-state index contributed by atoms with van der Waals surface area (Å²) in [5.74, 6) is 0.0122. The summed E-state index contributed by atoms with van der Waals surface area (Å²) in [6.45, 7) is 0. The van der Waals surface area contributed by atoms with Crippen LogP contribution in [0, 0.1) is 0 Å². The summed E-state index contributed by atoms with van der Waals surface area (Å²) < 4.78 is 0.757. The number of phenolic OH excluding ortho intramolecular Hbond substituents is 1. The number of carbonyl (C=O) groups excluding carboxylic acids is 1. The van der Waals surface area contributed by atoms with E-state index in [0.29, 0.717) is 11.3 Å². The highest BCUT2D eigenvalue weighted by molar-refractivity contribution is 9.10. The molecule has 0 saturated carbocycles. The van der Waals surface area contributed by atoms with Gasteiger partial charge in [-0.1, -0.05) is 0 Å². The Kier molecular flexibility index (Phi) is 3.62. The highest BCUT2D eigenvalue weighted by Gasteiger charge is 2.13. The third kappa shape index (κ3) is 2.68. The van der Waals surface area contributed by atoms with Gasteiger partial charge in [-0.15, -0.1) is 0 Å². The van der Waals surface area contributed by atoms with E-state index in [-0.39, 0.29) is 11.7 Å². The van der Waals surface area contributed by atoms with Crippen molar-refractivity contribution in [1.29, 1.82) is 0 Å². The predicted molar refractivity (Wildman–Crippen MR) is 72.8 cm³/mol. The van der Waals surface area contributed by atoms with Crippen molar-refractivity contribution in [3.8, 4) is 5.75 Å². The zero-order valence-corrected chi connectivity index (χ0v) is 11.3. The van der Waals surface area contributed by atoms with Gasteiger partial charge in [0.15, 0.2) is 0 Å². The van der Waals surface area contributed by atoms with Crippen LogP contribution >= 0.6 is 15.9 Å². The lowest BCUT2D eigenvalue weighted by atomic mass is 10.2. The monoisotopic (exact) mass is 306 g/mol. The number of nitrogens with zero attached hydrogens (tertiary/aromatic N) is 2. The third-order valence-corrected chi connectivity index (χ3v) is 2.93. The Hall–Kier alpha value is -1.88. The molecule has 2 aromatic rings. The lowest BCUT2D eigenvalue weighted by molar-refractivity contribution is 0.0992. The van der Waals surface area contributed by atoms with Crippen LogP contribution in [-0.4, -0.2) is 23.0 Å². The van der Waals surface area contributed by atoms with Crippen LogP contribution in [0.1, 0.15) is 10.4 Å². The molecule has 0 aliphatic rings. The first-order chi connectivity index (χ1) is 8.58. The minimum atomic E-state index is -0.158. The van der Waals surface area contributed by atoms with Gasteiger partial charge in [0.2, 0.25) is 0 Å². The molecule has 1 amide bonds. The Labute approximate surface area is 113 Å². The van der Waals surface area contributed by atoms with E-state index in [1.165, 1.54) is 23.2 Å². The maximum Gasteiger partial charge on any atom is 0.259 e. The first kappa shape index (κ1) is 12.6. The molecule has 18 heavy (non-hydrogen) atoms. The number of phenols is 1. The average Bonchev–Trinajstić information content (AvgIpc) is 2.38. The van der Waals surface area contributed by atoms with Gasteiger partial charge in [0, 0.05) is 29.6 Å². The van der Waals surface area contributed by atoms with E-state index in [2.05, 4.69) is 20.9 Å². The van der Waals surface area contributed by atoms with Crippen LogP contribution in [-0.2, 0) is 0 Å². The van der Waals surface area contributed by atoms with Crippen LogP contribution in [0.3, 0.4) is 0 Å². The average molecular weight is 307 g/mol. The summed E-state index contributed by atoms with van der Waals surface area (Å²) in [4.78, 5) is 17.6. The zero-order chi connectivity index (χ0) is 13.1. The van der Waals surface area contributed by atoms with Gasteiger partial charge in [0.25, 0.3) is 5.91 Å². The first-order valence-electron chi connectivity index (χ1n) is 5.25. The highest BCUT2D eigenvalue weighted by atomic mass is 79.9. The molecule has 0 radical (unpaired) electrons. The van der Waals surface area contributed by atoms with E-state index in [1.807, 2.05) is 0 Å². The van der Waals surface area contributed by atoms with Crippen molar-refractivity contribution < 1.29 is 9.90 Å². The molecular formula is C13H11BrN2O2. The Morgan fingerprint density at radius 2 is 1.94 bits per heavy atom. The largest absolute Gasteiger partial charge is 0.508 e. The SMILES string of the molecule is CN(C(=O)c1cncc(Br)c1)c1ccc(O)cc1. The first-order valence-corrected chi connectivity index (χ1v) is 6.05. The molecule has 0 atom stereocenters. The Bertz CT molecular complexity index is 569. The molecule has 1 N–H and O–H groups in total. The van der Waals surface area contributed by atoms with Crippen LogP contribution in [0.25, 0.3) is 0 Å². The van der Waals surface area contributed by atoms with E-state index in [9.17, 15) is 9.90 Å². The van der Waals surface area contributed by atoms with E-state index in [1.54, 1.807) is 31.4 Å². The minimum absolute atomic E-state index is 0.158. The van der Waals surface area contributed by atoms with Gasteiger partial charge >= 0.3 is 0 Å². The molecule has 1 aromatic heterocycles. The number of aromatic nitrogens is 1. The lowest BCUT2D eigenvalue weighted by Crippen LogP contribution is -2.26. The van der Waals surface area contributed by atoms with Crippen molar-refractivity contribution in [2.75, 3.05) is 11.9 Å². The zero-order valence-electron chi connectivity index (χ0n) is 9.67. The van der Waals surface area contributed by atoms with Crippen LogP contribution in [0.5, 0.6) is 5.75 Å². The topological polar surface area (TPSA) is 53.4 Å². The quantitative estimate of drug-likeness (QED) is 0.928. The summed E-state index contributed by atoms with van der Waals surface area (Å²) in [5.41, 5.74) is 1.21. The van der Waals surface area contributed by atoms with Crippen molar-refractivity contribution >= 4 is 27.5 Å². The number of aromatic hydroxyl groups is 1. The fourth-order valence-corrected chi connectivity index (χ4v) is 1.88. The van der Waals surface area contributed by atoms with Gasteiger partial charge in [0.1, 0.15) is 5.75 Å². The number of anilines is 1. The minimum Gasteiger partial charge on any atom is -0.508 e. The van der Waals surface area contributed by atoms with E-state index in [0.717, 1.165) is 4.47 Å². The molecule has 0 aliphatic carbocycles. The van der Waals surface area contributed by atoms with E-state index < -0.39 is 0 Å². The summed E-state index contributed by atoms with van der Waals surface area (Å²) in [6, 6.07) is 8.15. The molecule has 92 valence electrons. The lowest BCUT2D eigenvalue weighted by Gasteiger charge is -2.17. The second-order valence-electron chi connectivity index (χ2n) is 3.77. The Morgan fingerprint density at radius 3 is 2.56 bits per heavy atom. The van der Waals surface area contributed by atoms with Crippen LogP contribution in [0.2, 0.25) is 0 Å². The van der Waals surface area contributed by atoms with Crippen LogP contribution < -0.4 is 4.90 Å². The van der Waals surface area contributed by atoms with E-state index in [4.69, 9.17) is 0 Å². The Balaban J connectivity index is 2.26. The van der Waals surface area contributed by atoms with Crippen LogP contribution in [0.4, 0.5) is 5.69 Å². The molecule has 0 saturated heterocycles. The van der Waals surface area contributed by atoms with Crippen molar-refractivity contribution in [3.05, 3.63) is 52.8 Å². The van der Waals surface area contributed by atoms with Gasteiger partial charge in [0.05, 0.1) is 5.56 Å². The van der Waals surface area contributed by atoms with Crippen molar-refractivity contribution in [2.45, 2.75) is 0 Å². The maximum absolute atomic E-state index is 12.2. The predicted octanol–water partition coefficient (Wildman–Crippen LogP) is 2.83. The standard InChI is InChI=1S/C13H11BrN2O2/c1-16(11-2-4-12(17)5-3-11)13(18)9-6-10(14)8-15-7-9/h2-8,17H,1H3. The number of benzene rings is 1. The second kappa shape index (κ2) is 5.18. The summed E-state index contributed by atoms with van der Waals surface area (Å²) in [7, 11) is 1.68. The fraction of sp³-hybridized carbons (Fsp3) is 0.0769. The molecule has 1 aromatic carbocycles. The molecular weight excluding hydrogens is 296 g/mol. The molecule has 4 nitrogen and oxygen atoms in total. The van der Waals surface area contributed by atoms with Crippen LogP contribution in [0.15, 0.2) is 47.2 Å². The number of pyridine rings is 1. The molecule has 0 spiro atoms. The molecule has 0 fully saturated rings. The van der Waals surface area contributed by atoms with Crippen molar-refractivity contribution in [3.63, 3.8) is 0 Å². The highest BCUT2D eigenvalue weighted by Crippen LogP contribution is 2.19. The van der Waals surface area contributed by atoms with Gasteiger partial charge < -0.3 is 10.0 Å². The number of rotatable bonds is 2. The van der Waals surface area contributed by atoms with E-state index >= 15 is 0 Å². The summed E-state index contributed by atoms with van der Waals surface area (Å²) in [6.07, 6.45) is 3.14. The number of hydrogen-bond acceptors (Lipinski definition) is 3. The molecule has 5 heteroatoms. The smallest absolute Gasteiger partial charge is 0.259 e. The number of amides is 1. The summed E-state index contributed by atoms with van der Waals surface area (Å²) >= 11 is 3.28. The maximum atomic E-state index is 12.2. The second-order valence-corrected chi connectivity index (χ2v) is 4.69.